The van der Waals surface area contributed by atoms with Gasteiger partial charge in [0.1, 0.15) is 0 Å². The molecule has 0 saturated heterocycles. The average molecular weight is 429 g/mol. The van der Waals surface area contributed by atoms with Crippen molar-refractivity contribution in [2.24, 2.45) is 0 Å². The largest absolute Gasteiger partial charge is 0.289 e. The van der Waals surface area contributed by atoms with Crippen molar-refractivity contribution in [3.05, 3.63) is 96.1 Å². The normalized spacial score (nSPS) is 11.6. The van der Waals surface area contributed by atoms with Crippen LogP contribution in [-0.4, -0.2) is 11.6 Å². The number of carbonyl (C=O) groups is 2. The molecule has 0 atom stereocenters. The third kappa shape index (κ3) is 7.02. The fourth-order valence-corrected chi connectivity index (χ4v) is 3.95. The maximum Gasteiger partial charge on any atom is 0.185 e. The zero-order valence-corrected chi connectivity index (χ0v) is 19.7. The average Bonchev–Trinajstić information content (AvgIpc) is 2.84. The first-order valence-electron chi connectivity index (χ1n) is 11.8. The molecule has 0 fully saturated rings. The summed E-state index contributed by atoms with van der Waals surface area (Å²) in [6.07, 6.45) is 11.7. The summed E-state index contributed by atoms with van der Waals surface area (Å²) in [6.45, 7) is 11.6. The molecule has 0 bridgehead atoms. The summed E-state index contributed by atoms with van der Waals surface area (Å²) in [5.74, 6) is -0.114. The molecular formula is C30H36O2. The number of rotatable bonds is 14. The lowest BCUT2D eigenvalue weighted by Gasteiger charge is -2.18. The van der Waals surface area contributed by atoms with E-state index >= 15 is 0 Å². The SMILES string of the molecule is C=CC(=O)c1ccc(C(CCCCC)=C(CCCCC)c2ccc(C(=O)C=C)cc2)cc1. The van der Waals surface area contributed by atoms with Gasteiger partial charge in [0.05, 0.1) is 0 Å². The number of allylic oxidation sites excluding steroid dienone is 4. The van der Waals surface area contributed by atoms with Crippen molar-refractivity contribution in [1.82, 2.24) is 0 Å². The Labute approximate surface area is 193 Å². The van der Waals surface area contributed by atoms with Crippen LogP contribution in [0.15, 0.2) is 73.8 Å². The number of benzene rings is 2. The van der Waals surface area contributed by atoms with Crippen LogP contribution in [0.5, 0.6) is 0 Å². The van der Waals surface area contributed by atoms with Gasteiger partial charge < -0.3 is 0 Å². The molecule has 168 valence electrons. The van der Waals surface area contributed by atoms with Crippen molar-refractivity contribution in [1.29, 1.82) is 0 Å². The van der Waals surface area contributed by atoms with E-state index in [1.54, 1.807) is 0 Å². The summed E-state index contributed by atoms with van der Waals surface area (Å²) in [6, 6.07) is 15.8. The van der Waals surface area contributed by atoms with Crippen LogP contribution in [0.3, 0.4) is 0 Å². The van der Waals surface area contributed by atoms with Gasteiger partial charge in [-0.3, -0.25) is 9.59 Å². The van der Waals surface area contributed by atoms with E-state index in [0.717, 1.165) is 25.7 Å². The molecule has 0 aromatic heterocycles. The lowest BCUT2D eigenvalue weighted by molar-refractivity contribution is 0.103. The van der Waals surface area contributed by atoms with Crippen LogP contribution in [-0.2, 0) is 0 Å². The molecule has 32 heavy (non-hydrogen) atoms. The summed E-state index contributed by atoms with van der Waals surface area (Å²) in [5, 5.41) is 0. The lowest BCUT2D eigenvalue weighted by Crippen LogP contribution is -1.99. The molecule has 0 N–H and O–H groups in total. The van der Waals surface area contributed by atoms with Gasteiger partial charge in [0.25, 0.3) is 0 Å². The summed E-state index contributed by atoms with van der Waals surface area (Å²) >= 11 is 0. The van der Waals surface area contributed by atoms with Crippen LogP contribution in [0.1, 0.15) is 97.1 Å². The Hall–Kier alpha value is -3.00. The molecule has 0 aliphatic rings. The Balaban J connectivity index is 2.55. The Kier molecular flexibility index (Phi) is 10.6. The highest BCUT2D eigenvalue weighted by molar-refractivity contribution is 6.05. The molecule has 2 aromatic carbocycles. The molecular weight excluding hydrogens is 392 g/mol. The van der Waals surface area contributed by atoms with Crippen LogP contribution < -0.4 is 0 Å². The van der Waals surface area contributed by atoms with E-state index in [-0.39, 0.29) is 11.6 Å². The highest BCUT2D eigenvalue weighted by Crippen LogP contribution is 2.35. The van der Waals surface area contributed by atoms with Gasteiger partial charge >= 0.3 is 0 Å². The molecule has 0 amide bonds. The quantitative estimate of drug-likeness (QED) is 0.131. The molecule has 0 radical (unpaired) electrons. The first kappa shape index (κ1) is 25.3. The second-order valence-corrected chi connectivity index (χ2v) is 8.16. The van der Waals surface area contributed by atoms with E-state index in [0.29, 0.717) is 11.1 Å². The van der Waals surface area contributed by atoms with E-state index in [4.69, 9.17) is 0 Å². The van der Waals surface area contributed by atoms with E-state index in [2.05, 4.69) is 51.3 Å². The first-order chi connectivity index (χ1) is 15.5. The summed E-state index contributed by atoms with van der Waals surface area (Å²) in [5.41, 5.74) is 6.34. The van der Waals surface area contributed by atoms with E-state index < -0.39 is 0 Å². The molecule has 2 nitrogen and oxygen atoms in total. The molecule has 0 aliphatic heterocycles. The third-order valence-electron chi connectivity index (χ3n) is 5.83. The van der Waals surface area contributed by atoms with Gasteiger partial charge in [0.15, 0.2) is 11.6 Å². The summed E-state index contributed by atoms with van der Waals surface area (Å²) in [4.78, 5) is 24.0. The van der Waals surface area contributed by atoms with Gasteiger partial charge in [0.2, 0.25) is 0 Å². The molecule has 0 aliphatic carbocycles. The monoisotopic (exact) mass is 428 g/mol. The Morgan fingerprint density at radius 2 is 0.906 bits per heavy atom. The topological polar surface area (TPSA) is 34.1 Å². The Morgan fingerprint density at radius 1 is 0.594 bits per heavy atom. The van der Waals surface area contributed by atoms with E-state index in [9.17, 15) is 9.59 Å². The number of unbranched alkanes of at least 4 members (excludes halogenated alkanes) is 4. The van der Waals surface area contributed by atoms with Crippen molar-refractivity contribution in [3.8, 4) is 0 Å². The Morgan fingerprint density at radius 3 is 1.19 bits per heavy atom. The van der Waals surface area contributed by atoms with Gasteiger partial charge in [-0.2, -0.15) is 0 Å². The minimum absolute atomic E-state index is 0.0568. The van der Waals surface area contributed by atoms with Crippen molar-refractivity contribution in [2.75, 3.05) is 0 Å². The zero-order chi connectivity index (χ0) is 23.3. The summed E-state index contributed by atoms with van der Waals surface area (Å²) < 4.78 is 0. The fourth-order valence-electron chi connectivity index (χ4n) is 3.95. The first-order valence-corrected chi connectivity index (χ1v) is 11.8. The Bertz CT molecular complexity index is 864. The van der Waals surface area contributed by atoms with Crippen LogP contribution in [0.4, 0.5) is 0 Å². The van der Waals surface area contributed by atoms with E-state index in [1.165, 1.54) is 60.1 Å². The van der Waals surface area contributed by atoms with Crippen LogP contribution >= 0.6 is 0 Å². The second kappa shape index (κ2) is 13.4. The predicted molar refractivity (Wildman–Crippen MR) is 137 cm³/mol. The van der Waals surface area contributed by atoms with Crippen LogP contribution in [0, 0.1) is 0 Å². The standard InChI is InChI=1S/C30H36O2/c1-5-9-11-13-27(23-15-19-25(20-16-23)29(31)7-3)28(14-12-10-6-2)24-17-21-26(22-18-24)30(32)8-4/h7-8,15-22H,3-6,9-14H2,1-2H3. The highest BCUT2D eigenvalue weighted by Gasteiger charge is 2.13. The van der Waals surface area contributed by atoms with Crippen molar-refractivity contribution < 1.29 is 9.59 Å². The third-order valence-corrected chi connectivity index (χ3v) is 5.83. The number of carbonyl (C=O) groups excluding carboxylic acids is 2. The van der Waals surface area contributed by atoms with Crippen molar-refractivity contribution >= 4 is 22.7 Å². The molecule has 2 rings (SSSR count). The smallest absolute Gasteiger partial charge is 0.185 e. The summed E-state index contributed by atoms with van der Waals surface area (Å²) in [7, 11) is 0. The maximum absolute atomic E-state index is 12.0. The minimum atomic E-state index is -0.0568. The minimum Gasteiger partial charge on any atom is -0.289 e. The lowest BCUT2D eigenvalue weighted by atomic mass is 9.87. The molecule has 0 unspecified atom stereocenters. The number of ketones is 2. The van der Waals surface area contributed by atoms with Gasteiger partial charge in [-0.1, -0.05) is 101 Å². The van der Waals surface area contributed by atoms with Gasteiger partial charge in [-0.25, -0.2) is 0 Å². The van der Waals surface area contributed by atoms with Crippen LogP contribution in [0.2, 0.25) is 0 Å². The number of hydrogen-bond donors (Lipinski definition) is 0. The predicted octanol–water partition coefficient (Wildman–Crippen LogP) is 8.50. The van der Waals surface area contributed by atoms with Crippen molar-refractivity contribution in [3.63, 3.8) is 0 Å². The highest BCUT2D eigenvalue weighted by atomic mass is 16.1. The molecule has 2 aromatic rings. The molecule has 0 saturated carbocycles. The molecule has 0 spiro atoms. The van der Waals surface area contributed by atoms with Crippen LogP contribution in [0.25, 0.3) is 11.1 Å². The number of hydrogen-bond acceptors (Lipinski definition) is 2. The van der Waals surface area contributed by atoms with E-state index in [1.807, 2.05) is 24.3 Å². The molecule has 0 heterocycles. The molecule has 2 heteroatoms. The van der Waals surface area contributed by atoms with Gasteiger partial charge in [-0.05, 0) is 60.1 Å². The zero-order valence-electron chi connectivity index (χ0n) is 19.7. The van der Waals surface area contributed by atoms with Crippen molar-refractivity contribution in [2.45, 2.75) is 65.2 Å². The fraction of sp³-hybridized carbons (Fsp3) is 0.333. The maximum atomic E-state index is 12.0. The van der Waals surface area contributed by atoms with Gasteiger partial charge in [0, 0.05) is 11.1 Å². The van der Waals surface area contributed by atoms with Gasteiger partial charge in [-0.15, -0.1) is 0 Å². The second-order valence-electron chi connectivity index (χ2n) is 8.16.